The first-order valence-corrected chi connectivity index (χ1v) is 24.9. The molecule has 0 fully saturated rings. The van der Waals surface area contributed by atoms with Gasteiger partial charge in [0.1, 0.15) is 12.7 Å². The van der Waals surface area contributed by atoms with E-state index in [1.807, 2.05) is 0 Å². The molecule has 1 amide bonds. The van der Waals surface area contributed by atoms with Gasteiger partial charge < -0.3 is 25.2 Å². The van der Waals surface area contributed by atoms with Gasteiger partial charge >= 0.3 is 19.8 Å². The van der Waals surface area contributed by atoms with Crippen molar-refractivity contribution in [3.63, 3.8) is 0 Å². The number of rotatable bonds is 44. The normalized spacial score (nSPS) is 13.9. The third-order valence-corrected chi connectivity index (χ3v) is 11.2. The Morgan fingerprint density at radius 1 is 0.552 bits per heavy atom. The predicted molar refractivity (Wildman–Crippen MR) is 236 cm³/mol. The SMILES string of the molecule is CCCCCC/C=C\C/C=C\CCCCCCCC(=O)NC(COP(=O)(O)OCC(O)COC(=O)CCCCCCCCCCCCCCCCCCCC)C(=O)O. The van der Waals surface area contributed by atoms with E-state index in [4.69, 9.17) is 13.8 Å². The van der Waals surface area contributed by atoms with Crippen LogP contribution in [0.1, 0.15) is 219 Å². The van der Waals surface area contributed by atoms with Gasteiger partial charge in [-0.1, -0.05) is 186 Å². The Morgan fingerprint density at radius 3 is 1.41 bits per heavy atom. The monoisotopic (exact) mass is 844 g/mol. The van der Waals surface area contributed by atoms with Crippen LogP contribution < -0.4 is 5.32 Å². The summed E-state index contributed by atoms with van der Waals surface area (Å²) in [4.78, 5) is 46.0. The molecule has 3 unspecified atom stereocenters. The van der Waals surface area contributed by atoms with E-state index in [1.54, 1.807) is 0 Å². The minimum atomic E-state index is -4.76. The van der Waals surface area contributed by atoms with Crippen molar-refractivity contribution < 1.29 is 47.8 Å². The first kappa shape index (κ1) is 56.0. The summed E-state index contributed by atoms with van der Waals surface area (Å²) in [6.07, 6.45) is 43.4. The highest BCUT2D eigenvalue weighted by molar-refractivity contribution is 7.47. The van der Waals surface area contributed by atoms with Crippen molar-refractivity contribution in [2.24, 2.45) is 0 Å². The van der Waals surface area contributed by atoms with Gasteiger partial charge in [-0.25, -0.2) is 9.36 Å². The molecule has 0 aliphatic carbocycles. The van der Waals surface area contributed by atoms with Crippen molar-refractivity contribution in [2.45, 2.75) is 231 Å². The number of aliphatic hydroxyl groups is 1. The molecule has 0 aromatic carbocycles. The van der Waals surface area contributed by atoms with E-state index in [0.29, 0.717) is 12.8 Å². The Hall–Kier alpha value is -2.04. The highest BCUT2D eigenvalue weighted by atomic mass is 31.2. The van der Waals surface area contributed by atoms with Gasteiger partial charge in [0.25, 0.3) is 0 Å². The highest BCUT2D eigenvalue weighted by Crippen LogP contribution is 2.43. The molecular formula is C46H86NO10P. The lowest BCUT2D eigenvalue weighted by molar-refractivity contribution is -0.147. The van der Waals surface area contributed by atoms with Crippen LogP contribution in [0.2, 0.25) is 0 Å². The maximum absolute atomic E-state index is 12.3. The van der Waals surface area contributed by atoms with Gasteiger partial charge in [-0.3, -0.25) is 18.6 Å². The summed E-state index contributed by atoms with van der Waals surface area (Å²) < 4.78 is 26.9. The zero-order valence-corrected chi connectivity index (χ0v) is 37.8. The van der Waals surface area contributed by atoms with Crippen molar-refractivity contribution in [1.29, 1.82) is 0 Å². The minimum Gasteiger partial charge on any atom is -0.480 e. The fourth-order valence-corrected chi connectivity index (χ4v) is 7.35. The molecule has 0 spiro atoms. The summed E-state index contributed by atoms with van der Waals surface area (Å²) in [5.74, 6) is -2.38. The van der Waals surface area contributed by atoms with Crippen LogP contribution in [0.25, 0.3) is 0 Å². The van der Waals surface area contributed by atoms with Crippen molar-refractivity contribution in [2.75, 3.05) is 19.8 Å². The Bertz CT molecular complexity index is 1080. The maximum Gasteiger partial charge on any atom is 0.472 e. The lowest BCUT2D eigenvalue weighted by atomic mass is 10.0. The Labute approximate surface area is 353 Å². The van der Waals surface area contributed by atoms with Crippen LogP contribution in [0.15, 0.2) is 24.3 Å². The van der Waals surface area contributed by atoms with E-state index in [-0.39, 0.29) is 12.8 Å². The largest absolute Gasteiger partial charge is 0.480 e. The number of esters is 1. The van der Waals surface area contributed by atoms with Crippen LogP contribution >= 0.6 is 7.82 Å². The van der Waals surface area contributed by atoms with Gasteiger partial charge in [0.15, 0.2) is 6.04 Å². The number of phosphoric acid groups is 1. The van der Waals surface area contributed by atoms with E-state index < -0.39 is 57.6 Å². The third kappa shape index (κ3) is 40.7. The molecular weight excluding hydrogens is 757 g/mol. The van der Waals surface area contributed by atoms with Crippen molar-refractivity contribution in [1.82, 2.24) is 5.32 Å². The minimum absolute atomic E-state index is 0.131. The molecule has 0 saturated carbocycles. The number of hydrogen-bond donors (Lipinski definition) is 4. The molecule has 0 aromatic rings. The number of carboxylic acids is 1. The van der Waals surface area contributed by atoms with Gasteiger partial charge in [-0.2, -0.15) is 0 Å². The first-order valence-electron chi connectivity index (χ1n) is 23.4. The van der Waals surface area contributed by atoms with E-state index >= 15 is 0 Å². The average molecular weight is 844 g/mol. The molecule has 4 N–H and O–H groups in total. The molecule has 340 valence electrons. The summed E-state index contributed by atoms with van der Waals surface area (Å²) in [5.41, 5.74) is 0. The lowest BCUT2D eigenvalue weighted by Crippen LogP contribution is -2.43. The van der Waals surface area contributed by atoms with Crippen molar-refractivity contribution in [3.05, 3.63) is 24.3 Å². The van der Waals surface area contributed by atoms with Crippen LogP contribution in [-0.4, -0.2) is 64.9 Å². The molecule has 0 bridgehead atoms. The standard InChI is InChI=1S/C46H86NO10P/c1-3-5-7-9-11-13-15-17-19-21-22-24-26-28-30-32-34-36-38-45(50)55-39-42(48)40-56-58(53,54)57-41-43(46(51)52)47-44(49)37-35-33-31-29-27-25-23-20-18-16-14-12-10-8-6-4-2/h14,16,20,23,42-43,48H,3-13,15,17-19,21-22,24-41H2,1-2H3,(H,47,49)(H,51,52)(H,53,54)/b16-14-,23-20-. The number of ether oxygens (including phenoxy) is 1. The molecule has 12 heteroatoms. The number of unbranched alkanes of at least 4 members (excludes halogenated alkanes) is 26. The predicted octanol–water partition coefficient (Wildman–Crippen LogP) is 12.2. The third-order valence-electron chi connectivity index (χ3n) is 10.2. The molecule has 0 aliphatic heterocycles. The molecule has 0 saturated heterocycles. The number of aliphatic carboxylic acids is 1. The molecule has 0 aliphatic rings. The summed E-state index contributed by atoms with van der Waals surface area (Å²) >= 11 is 0. The number of carbonyl (C=O) groups excluding carboxylic acids is 2. The van der Waals surface area contributed by atoms with Crippen LogP contribution in [-0.2, 0) is 32.7 Å². The molecule has 0 radical (unpaired) electrons. The van der Waals surface area contributed by atoms with Crippen LogP contribution in [0, 0.1) is 0 Å². The van der Waals surface area contributed by atoms with E-state index in [0.717, 1.165) is 64.2 Å². The van der Waals surface area contributed by atoms with Gasteiger partial charge in [0.2, 0.25) is 5.91 Å². The topological polar surface area (TPSA) is 169 Å². The first-order chi connectivity index (χ1) is 28.1. The fraction of sp³-hybridized carbons (Fsp3) is 0.848. The second kappa shape index (κ2) is 41.7. The van der Waals surface area contributed by atoms with Gasteiger partial charge in [0, 0.05) is 12.8 Å². The molecule has 0 rings (SSSR count). The quantitative estimate of drug-likeness (QED) is 0.0200. The number of nitrogens with one attached hydrogen (secondary N) is 1. The summed E-state index contributed by atoms with van der Waals surface area (Å²) in [7, 11) is -4.76. The number of amides is 1. The Morgan fingerprint density at radius 2 is 0.948 bits per heavy atom. The molecule has 11 nitrogen and oxygen atoms in total. The Balaban J connectivity index is 3.87. The molecule has 3 atom stereocenters. The zero-order chi connectivity index (χ0) is 42.8. The Kier molecular flexibility index (Phi) is 40.2. The number of aliphatic hydroxyl groups excluding tert-OH is 1. The summed E-state index contributed by atoms with van der Waals surface area (Å²) in [6, 6.07) is -1.55. The van der Waals surface area contributed by atoms with E-state index in [9.17, 15) is 34.1 Å². The fourth-order valence-electron chi connectivity index (χ4n) is 6.58. The molecule has 58 heavy (non-hydrogen) atoms. The van der Waals surface area contributed by atoms with Crippen molar-refractivity contribution >= 4 is 25.7 Å². The number of carboxylic acid groups (broad SMARTS) is 1. The lowest BCUT2D eigenvalue weighted by Gasteiger charge is -2.18. The number of phosphoric ester groups is 1. The average Bonchev–Trinajstić information content (AvgIpc) is 3.20. The van der Waals surface area contributed by atoms with E-state index in [1.165, 1.54) is 116 Å². The summed E-state index contributed by atoms with van der Waals surface area (Å²) in [5, 5.41) is 21.8. The highest BCUT2D eigenvalue weighted by Gasteiger charge is 2.28. The second-order valence-electron chi connectivity index (χ2n) is 15.9. The van der Waals surface area contributed by atoms with Gasteiger partial charge in [-0.05, 0) is 44.9 Å². The zero-order valence-electron chi connectivity index (χ0n) is 36.9. The smallest absolute Gasteiger partial charge is 0.472 e. The van der Waals surface area contributed by atoms with Gasteiger partial charge in [-0.15, -0.1) is 0 Å². The molecule has 0 heterocycles. The van der Waals surface area contributed by atoms with Crippen molar-refractivity contribution in [3.8, 4) is 0 Å². The summed E-state index contributed by atoms with van der Waals surface area (Å²) in [6.45, 7) is 2.59. The van der Waals surface area contributed by atoms with Crippen LogP contribution in [0.3, 0.4) is 0 Å². The number of allylic oxidation sites excluding steroid dienone is 4. The second-order valence-corrected chi connectivity index (χ2v) is 17.4. The van der Waals surface area contributed by atoms with Gasteiger partial charge in [0.05, 0.1) is 13.2 Å². The maximum atomic E-state index is 12.3. The van der Waals surface area contributed by atoms with Crippen LogP contribution in [0.5, 0.6) is 0 Å². The molecule has 0 aromatic heterocycles. The van der Waals surface area contributed by atoms with E-state index in [2.05, 4.69) is 43.5 Å². The number of carbonyl (C=O) groups is 3. The number of hydrogen-bond acceptors (Lipinski definition) is 8. The van der Waals surface area contributed by atoms with Crippen LogP contribution in [0.4, 0.5) is 0 Å².